The number of anilines is 1. The van der Waals surface area contributed by atoms with Crippen LogP contribution in [0.4, 0.5) is 5.69 Å². The Labute approximate surface area is 183 Å². The van der Waals surface area contributed by atoms with Gasteiger partial charge in [0.15, 0.2) is 17.6 Å². The smallest absolute Gasteiger partial charge is 0.261 e. The minimum atomic E-state index is -3.49. The third-order valence-electron chi connectivity index (χ3n) is 4.76. The molecule has 0 fully saturated rings. The predicted molar refractivity (Wildman–Crippen MR) is 118 cm³/mol. The van der Waals surface area contributed by atoms with Gasteiger partial charge in [0.05, 0.1) is 25.2 Å². The summed E-state index contributed by atoms with van der Waals surface area (Å²) < 4.78 is 42.7. The zero-order valence-corrected chi connectivity index (χ0v) is 18.8. The van der Waals surface area contributed by atoms with Gasteiger partial charge in [-0.15, -0.1) is 0 Å². The molecular weight excluding hydrogens is 420 g/mol. The maximum Gasteiger partial charge on any atom is 0.261 e. The molecule has 1 aliphatic heterocycles. The Morgan fingerprint density at radius 3 is 2.55 bits per heavy atom. The minimum absolute atomic E-state index is 0.158. The lowest BCUT2D eigenvalue weighted by Crippen LogP contribution is -2.39. The van der Waals surface area contributed by atoms with Crippen molar-refractivity contribution in [3.05, 3.63) is 48.0 Å². The fraction of sp³-hybridized carbons (Fsp3) is 0.409. The van der Waals surface area contributed by atoms with Crippen molar-refractivity contribution in [2.24, 2.45) is 0 Å². The zero-order valence-electron chi connectivity index (χ0n) is 18.0. The molecule has 31 heavy (non-hydrogen) atoms. The number of sulfonamides is 1. The second-order valence-electron chi connectivity index (χ2n) is 7.06. The average Bonchev–Trinajstić information content (AvgIpc) is 2.94. The molecule has 8 nitrogen and oxygen atoms in total. The van der Waals surface area contributed by atoms with Crippen molar-refractivity contribution < 1.29 is 27.4 Å². The van der Waals surface area contributed by atoms with E-state index in [4.69, 9.17) is 14.2 Å². The van der Waals surface area contributed by atoms with Gasteiger partial charge in [0.1, 0.15) is 5.75 Å². The van der Waals surface area contributed by atoms with Crippen LogP contribution in [-0.2, 0) is 21.4 Å². The number of ether oxygens (including phenoxy) is 3. The Bertz CT molecular complexity index is 1020. The van der Waals surface area contributed by atoms with Crippen LogP contribution in [0.1, 0.15) is 25.8 Å². The van der Waals surface area contributed by atoms with E-state index in [2.05, 4.69) is 5.32 Å². The zero-order chi connectivity index (χ0) is 22.4. The molecule has 9 heteroatoms. The number of nitrogens with zero attached hydrogens (tertiary/aromatic N) is 1. The topological polar surface area (TPSA) is 94.2 Å². The molecule has 1 aliphatic rings. The van der Waals surface area contributed by atoms with Crippen LogP contribution >= 0.6 is 0 Å². The third-order valence-corrected chi connectivity index (χ3v) is 5.94. The summed E-state index contributed by atoms with van der Waals surface area (Å²) in [5, 5.41) is 2.87. The first kappa shape index (κ1) is 22.7. The Hall–Kier alpha value is -2.94. The molecular formula is C22H28N2O6S. The summed E-state index contributed by atoms with van der Waals surface area (Å²) in [4.78, 5) is 12.8. The number of carbonyl (C=O) groups is 1. The highest BCUT2D eigenvalue weighted by Gasteiger charge is 2.30. The molecule has 1 amide bonds. The van der Waals surface area contributed by atoms with Crippen LogP contribution in [0.5, 0.6) is 17.2 Å². The molecule has 0 aromatic heterocycles. The number of nitrogens with one attached hydrogen (secondary N) is 1. The summed E-state index contributed by atoms with van der Waals surface area (Å²) in [7, 11) is -3.49. The second kappa shape index (κ2) is 9.91. The summed E-state index contributed by atoms with van der Waals surface area (Å²) in [5.74, 6) is 1.34. The monoisotopic (exact) mass is 448 g/mol. The molecule has 3 rings (SSSR count). The van der Waals surface area contributed by atoms with Crippen molar-refractivity contribution in [1.82, 2.24) is 5.32 Å². The summed E-state index contributed by atoms with van der Waals surface area (Å²) in [5.41, 5.74) is 1.29. The molecule has 0 radical (unpaired) electrons. The number of carbonyl (C=O) groups excluding carboxylic acids is 1. The van der Waals surface area contributed by atoms with Gasteiger partial charge >= 0.3 is 0 Å². The van der Waals surface area contributed by atoms with Crippen molar-refractivity contribution in [2.45, 2.75) is 32.9 Å². The van der Waals surface area contributed by atoms with Gasteiger partial charge in [-0.2, -0.15) is 0 Å². The fourth-order valence-corrected chi connectivity index (χ4v) is 4.31. The maximum atomic E-state index is 12.8. The van der Waals surface area contributed by atoms with Crippen molar-refractivity contribution in [3.63, 3.8) is 0 Å². The van der Waals surface area contributed by atoms with Gasteiger partial charge in [0.25, 0.3) is 5.91 Å². The molecule has 0 saturated carbocycles. The quantitative estimate of drug-likeness (QED) is 0.667. The lowest BCUT2D eigenvalue weighted by Gasteiger charge is -2.20. The lowest BCUT2D eigenvalue weighted by atomic mass is 10.2. The van der Waals surface area contributed by atoms with Gasteiger partial charge in [-0.25, -0.2) is 8.42 Å². The van der Waals surface area contributed by atoms with E-state index >= 15 is 0 Å². The van der Waals surface area contributed by atoms with Gasteiger partial charge in [-0.3, -0.25) is 9.10 Å². The van der Waals surface area contributed by atoms with Crippen LogP contribution in [0, 0.1) is 0 Å². The molecule has 1 unspecified atom stereocenters. The molecule has 1 atom stereocenters. The Kier molecular flexibility index (Phi) is 7.27. The number of hydrogen-bond donors (Lipinski definition) is 1. The molecule has 1 heterocycles. The van der Waals surface area contributed by atoms with Crippen molar-refractivity contribution in [1.29, 1.82) is 0 Å². The molecule has 0 aliphatic carbocycles. The standard InChI is InChI=1S/C22H28N2O6S/c1-4-28-19-11-10-16(14-21(19)29-5-2)15-23-22(25)20-12-13-24(31(3,26)27)17-8-6-7-9-18(17)30-20/h6-11,14,20H,4-5,12-13,15H2,1-3H3,(H,23,25). The first-order chi connectivity index (χ1) is 14.8. The van der Waals surface area contributed by atoms with Gasteiger partial charge in [0.2, 0.25) is 10.0 Å². The molecule has 168 valence electrons. The highest BCUT2D eigenvalue weighted by Crippen LogP contribution is 2.34. The average molecular weight is 449 g/mol. The van der Waals surface area contributed by atoms with Crippen LogP contribution in [-0.4, -0.2) is 46.4 Å². The predicted octanol–water partition coefficient (Wildman–Crippen LogP) is 2.72. The van der Waals surface area contributed by atoms with E-state index in [1.807, 2.05) is 32.0 Å². The third kappa shape index (κ3) is 5.61. The van der Waals surface area contributed by atoms with Gasteiger partial charge in [-0.1, -0.05) is 18.2 Å². The largest absolute Gasteiger partial charge is 0.490 e. The number of benzene rings is 2. The van der Waals surface area contributed by atoms with Crippen molar-refractivity contribution >= 4 is 21.6 Å². The van der Waals surface area contributed by atoms with Crippen molar-refractivity contribution in [3.8, 4) is 17.2 Å². The van der Waals surface area contributed by atoms with E-state index in [1.54, 1.807) is 24.3 Å². The van der Waals surface area contributed by atoms with Gasteiger partial charge in [-0.05, 0) is 43.7 Å². The summed E-state index contributed by atoms with van der Waals surface area (Å²) in [6.45, 7) is 5.27. The van der Waals surface area contributed by atoms with Crippen LogP contribution in [0.15, 0.2) is 42.5 Å². The molecule has 1 N–H and O–H groups in total. The van der Waals surface area contributed by atoms with Gasteiger partial charge in [0, 0.05) is 19.5 Å². The molecule has 0 spiro atoms. The molecule has 2 aromatic rings. The summed E-state index contributed by atoms with van der Waals surface area (Å²) in [6.07, 6.45) is 0.578. The number of rotatable bonds is 8. The van der Waals surface area contributed by atoms with Crippen LogP contribution < -0.4 is 23.8 Å². The number of hydrogen-bond acceptors (Lipinski definition) is 6. The second-order valence-corrected chi connectivity index (χ2v) is 8.97. The SMILES string of the molecule is CCOc1ccc(CNC(=O)C2CCN(S(C)(=O)=O)c3ccccc3O2)cc1OCC. The summed E-state index contributed by atoms with van der Waals surface area (Å²) in [6, 6.07) is 12.3. The van der Waals surface area contributed by atoms with E-state index in [0.29, 0.717) is 36.1 Å². The normalized spacial score (nSPS) is 16.0. The number of para-hydroxylation sites is 2. The highest BCUT2D eigenvalue weighted by atomic mass is 32.2. The fourth-order valence-electron chi connectivity index (χ4n) is 3.37. The first-order valence-electron chi connectivity index (χ1n) is 10.2. The molecule has 2 aromatic carbocycles. The van der Waals surface area contributed by atoms with E-state index in [9.17, 15) is 13.2 Å². The van der Waals surface area contributed by atoms with E-state index in [-0.39, 0.29) is 25.4 Å². The van der Waals surface area contributed by atoms with Crippen LogP contribution in [0.3, 0.4) is 0 Å². The van der Waals surface area contributed by atoms with E-state index in [0.717, 1.165) is 11.8 Å². The minimum Gasteiger partial charge on any atom is -0.490 e. The van der Waals surface area contributed by atoms with Crippen LogP contribution in [0.25, 0.3) is 0 Å². The van der Waals surface area contributed by atoms with Gasteiger partial charge < -0.3 is 19.5 Å². The Balaban J connectivity index is 1.71. The highest BCUT2D eigenvalue weighted by molar-refractivity contribution is 7.92. The number of amides is 1. The van der Waals surface area contributed by atoms with E-state index in [1.165, 1.54) is 4.31 Å². The Morgan fingerprint density at radius 2 is 1.84 bits per heavy atom. The van der Waals surface area contributed by atoms with Crippen LogP contribution in [0.2, 0.25) is 0 Å². The van der Waals surface area contributed by atoms with Crippen molar-refractivity contribution in [2.75, 3.05) is 30.3 Å². The Morgan fingerprint density at radius 1 is 1.13 bits per heavy atom. The molecule has 0 bridgehead atoms. The van der Waals surface area contributed by atoms with E-state index < -0.39 is 16.1 Å². The lowest BCUT2D eigenvalue weighted by molar-refractivity contribution is -0.128. The molecule has 0 saturated heterocycles. The number of fused-ring (bicyclic) bond motifs is 1. The first-order valence-corrected chi connectivity index (χ1v) is 12.1. The maximum absolute atomic E-state index is 12.8. The summed E-state index contributed by atoms with van der Waals surface area (Å²) >= 11 is 0.